The third-order valence-corrected chi connectivity index (χ3v) is 3.08. The van der Waals surface area contributed by atoms with Crippen LogP contribution in [0.15, 0.2) is 42.5 Å². The monoisotopic (exact) mass is 273 g/mol. The van der Waals surface area contributed by atoms with Crippen LogP contribution in [0.25, 0.3) is 11.1 Å². The second-order valence-corrected chi connectivity index (χ2v) is 4.56. The first kappa shape index (κ1) is 13.3. The van der Waals surface area contributed by atoms with Gasteiger partial charge in [-0.25, -0.2) is 0 Å². The summed E-state index contributed by atoms with van der Waals surface area (Å²) in [6, 6.07) is 12.3. The standard InChI is InChI=1S/C15H12ClNO2/c16-12-4-2-11(3-5-12)14-9-10(7-8-18)1-6-13(14)15(17)19/h1-6,8-9H,7H2,(H2,17,19). The number of nitrogens with two attached hydrogens (primary N) is 1. The molecule has 0 heterocycles. The van der Waals surface area contributed by atoms with E-state index in [0.717, 1.165) is 17.4 Å². The molecule has 0 radical (unpaired) electrons. The van der Waals surface area contributed by atoms with Crippen molar-refractivity contribution in [2.24, 2.45) is 5.73 Å². The molecule has 19 heavy (non-hydrogen) atoms. The molecule has 2 aromatic rings. The van der Waals surface area contributed by atoms with Gasteiger partial charge in [-0.2, -0.15) is 0 Å². The highest BCUT2D eigenvalue weighted by atomic mass is 35.5. The molecule has 1 amide bonds. The molecule has 2 rings (SSSR count). The van der Waals surface area contributed by atoms with E-state index >= 15 is 0 Å². The molecule has 0 aliphatic heterocycles. The van der Waals surface area contributed by atoms with E-state index in [1.807, 2.05) is 12.1 Å². The van der Waals surface area contributed by atoms with E-state index in [4.69, 9.17) is 17.3 Å². The first-order valence-corrected chi connectivity index (χ1v) is 6.12. The zero-order chi connectivity index (χ0) is 13.8. The Bertz CT molecular complexity index is 621. The normalized spacial score (nSPS) is 10.2. The van der Waals surface area contributed by atoms with Gasteiger partial charge in [0.1, 0.15) is 6.29 Å². The van der Waals surface area contributed by atoms with E-state index in [-0.39, 0.29) is 0 Å². The number of amides is 1. The van der Waals surface area contributed by atoms with Gasteiger partial charge in [-0.15, -0.1) is 0 Å². The molecule has 0 atom stereocenters. The summed E-state index contributed by atoms with van der Waals surface area (Å²) in [5, 5.41) is 0.619. The van der Waals surface area contributed by atoms with Gasteiger partial charge in [-0.05, 0) is 41.0 Å². The highest BCUT2D eigenvalue weighted by Crippen LogP contribution is 2.26. The lowest BCUT2D eigenvalue weighted by molar-refractivity contribution is -0.107. The van der Waals surface area contributed by atoms with Crippen molar-refractivity contribution in [1.29, 1.82) is 0 Å². The lowest BCUT2D eigenvalue weighted by Crippen LogP contribution is -2.12. The maximum Gasteiger partial charge on any atom is 0.249 e. The van der Waals surface area contributed by atoms with E-state index in [2.05, 4.69) is 0 Å². The van der Waals surface area contributed by atoms with Gasteiger partial charge < -0.3 is 10.5 Å². The van der Waals surface area contributed by atoms with Crippen LogP contribution in [-0.2, 0) is 11.2 Å². The van der Waals surface area contributed by atoms with Gasteiger partial charge in [0.05, 0.1) is 0 Å². The fourth-order valence-electron chi connectivity index (χ4n) is 1.90. The number of carbonyl (C=O) groups is 2. The number of hydrogen-bond donors (Lipinski definition) is 1. The lowest BCUT2D eigenvalue weighted by Gasteiger charge is -2.09. The number of primary amides is 1. The molecule has 0 unspecified atom stereocenters. The van der Waals surface area contributed by atoms with Crippen LogP contribution in [0.5, 0.6) is 0 Å². The molecular weight excluding hydrogens is 262 g/mol. The molecular formula is C15H12ClNO2. The molecule has 96 valence electrons. The summed E-state index contributed by atoms with van der Waals surface area (Å²) in [6.07, 6.45) is 1.13. The van der Waals surface area contributed by atoms with Gasteiger partial charge in [0.2, 0.25) is 5.91 Å². The Balaban J connectivity index is 2.57. The van der Waals surface area contributed by atoms with Gasteiger partial charge in [0.25, 0.3) is 0 Å². The van der Waals surface area contributed by atoms with Crippen LogP contribution >= 0.6 is 11.6 Å². The second-order valence-electron chi connectivity index (χ2n) is 4.12. The van der Waals surface area contributed by atoms with Crippen molar-refractivity contribution in [3.63, 3.8) is 0 Å². The molecule has 3 nitrogen and oxygen atoms in total. The minimum absolute atomic E-state index is 0.305. The first-order chi connectivity index (χ1) is 9.11. The van der Waals surface area contributed by atoms with Crippen molar-refractivity contribution in [2.45, 2.75) is 6.42 Å². The number of hydrogen-bond acceptors (Lipinski definition) is 2. The zero-order valence-corrected chi connectivity index (χ0v) is 10.9. The van der Waals surface area contributed by atoms with Crippen molar-refractivity contribution in [3.05, 3.63) is 58.6 Å². The molecule has 0 aliphatic carbocycles. The number of rotatable bonds is 4. The van der Waals surface area contributed by atoms with Crippen LogP contribution < -0.4 is 5.73 Å². The summed E-state index contributed by atoms with van der Waals surface area (Å²) in [5.41, 5.74) is 8.19. The Morgan fingerprint density at radius 1 is 1.16 bits per heavy atom. The van der Waals surface area contributed by atoms with Crippen LogP contribution in [0.4, 0.5) is 0 Å². The van der Waals surface area contributed by atoms with Gasteiger partial charge in [-0.3, -0.25) is 4.79 Å². The molecule has 0 fully saturated rings. The van der Waals surface area contributed by atoms with Crippen LogP contribution in [0, 0.1) is 0 Å². The highest BCUT2D eigenvalue weighted by Gasteiger charge is 2.11. The molecule has 0 aliphatic rings. The van der Waals surface area contributed by atoms with E-state index in [9.17, 15) is 9.59 Å². The van der Waals surface area contributed by atoms with Crippen LogP contribution in [-0.4, -0.2) is 12.2 Å². The van der Waals surface area contributed by atoms with Crippen LogP contribution in [0.1, 0.15) is 15.9 Å². The van der Waals surface area contributed by atoms with Crippen LogP contribution in [0.3, 0.4) is 0 Å². The minimum atomic E-state index is -0.498. The molecule has 2 N–H and O–H groups in total. The van der Waals surface area contributed by atoms with Crippen molar-refractivity contribution < 1.29 is 9.59 Å². The predicted molar refractivity (Wildman–Crippen MR) is 75.2 cm³/mol. The average Bonchev–Trinajstić information content (AvgIpc) is 2.39. The van der Waals surface area contributed by atoms with E-state index < -0.39 is 5.91 Å². The SMILES string of the molecule is NC(=O)c1ccc(CC=O)cc1-c1ccc(Cl)cc1. The smallest absolute Gasteiger partial charge is 0.249 e. The number of halogens is 1. The Kier molecular flexibility index (Phi) is 3.97. The summed E-state index contributed by atoms with van der Waals surface area (Å²) >= 11 is 5.84. The first-order valence-electron chi connectivity index (χ1n) is 5.74. The average molecular weight is 274 g/mol. The maximum absolute atomic E-state index is 11.5. The summed E-state index contributed by atoms with van der Waals surface area (Å²) < 4.78 is 0. The van der Waals surface area contributed by atoms with Crippen molar-refractivity contribution in [3.8, 4) is 11.1 Å². The van der Waals surface area contributed by atoms with Gasteiger partial charge in [0, 0.05) is 17.0 Å². The Labute approximate surface area is 116 Å². The molecule has 0 saturated carbocycles. The van der Waals surface area contributed by atoms with Crippen molar-refractivity contribution >= 4 is 23.8 Å². The molecule has 0 spiro atoms. The third kappa shape index (κ3) is 3.01. The predicted octanol–water partition coefficient (Wildman–Crippen LogP) is 2.85. The number of benzene rings is 2. The van der Waals surface area contributed by atoms with Crippen molar-refractivity contribution in [2.75, 3.05) is 0 Å². The topological polar surface area (TPSA) is 60.2 Å². The Morgan fingerprint density at radius 2 is 1.84 bits per heavy atom. The quantitative estimate of drug-likeness (QED) is 0.871. The van der Waals surface area contributed by atoms with Gasteiger partial charge in [-0.1, -0.05) is 29.8 Å². The molecule has 2 aromatic carbocycles. The molecule has 0 bridgehead atoms. The Hall–Kier alpha value is -2.13. The van der Waals surface area contributed by atoms with E-state index in [0.29, 0.717) is 22.6 Å². The third-order valence-electron chi connectivity index (χ3n) is 2.82. The van der Waals surface area contributed by atoms with Crippen molar-refractivity contribution in [1.82, 2.24) is 0 Å². The maximum atomic E-state index is 11.5. The van der Waals surface area contributed by atoms with E-state index in [1.165, 1.54) is 0 Å². The summed E-state index contributed by atoms with van der Waals surface area (Å²) in [6.45, 7) is 0. The largest absolute Gasteiger partial charge is 0.366 e. The zero-order valence-electron chi connectivity index (χ0n) is 10.1. The summed E-state index contributed by atoms with van der Waals surface area (Å²) in [7, 11) is 0. The molecule has 0 saturated heterocycles. The summed E-state index contributed by atoms with van der Waals surface area (Å²) in [4.78, 5) is 22.0. The second kappa shape index (κ2) is 5.67. The van der Waals surface area contributed by atoms with Gasteiger partial charge >= 0.3 is 0 Å². The highest BCUT2D eigenvalue weighted by molar-refractivity contribution is 6.30. The number of carbonyl (C=O) groups excluding carboxylic acids is 2. The number of aldehydes is 1. The van der Waals surface area contributed by atoms with E-state index in [1.54, 1.807) is 30.3 Å². The Morgan fingerprint density at radius 3 is 2.42 bits per heavy atom. The molecule has 0 aromatic heterocycles. The lowest BCUT2D eigenvalue weighted by atomic mass is 9.96. The summed E-state index contributed by atoms with van der Waals surface area (Å²) in [5.74, 6) is -0.498. The fourth-order valence-corrected chi connectivity index (χ4v) is 2.02. The van der Waals surface area contributed by atoms with Gasteiger partial charge in [0.15, 0.2) is 0 Å². The van der Waals surface area contributed by atoms with Crippen LogP contribution in [0.2, 0.25) is 5.02 Å². The fraction of sp³-hybridized carbons (Fsp3) is 0.0667. The molecule has 4 heteroatoms. The minimum Gasteiger partial charge on any atom is -0.366 e.